The van der Waals surface area contributed by atoms with Crippen LogP contribution < -0.4 is 21.1 Å². The van der Waals surface area contributed by atoms with Crippen LogP contribution in [0.1, 0.15) is 32.1 Å². The fourth-order valence-corrected chi connectivity index (χ4v) is 3.24. The Bertz CT molecular complexity index is 885. The summed E-state index contributed by atoms with van der Waals surface area (Å²) in [5.74, 6) is -1.39. The van der Waals surface area contributed by atoms with E-state index in [-0.39, 0.29) is 42.0 Å². The molecule has 8 nitrogen and oxygen atoms in total. The lowest BCUT2D eigenvalue weighted by molar-refractivity contribution is -0.274. The van der Waals surface area contributed by atoms with Crippen LogP contribution in [0, 0.1) is 0 Å². The van der Waals surface area contributed by atoms with Gasteiger partial charge in [0.1, 0.15) is 5.75 Å². The maximum atomic E-state index is 12.3. The molecule has 0 unspecified atom stereocenters. The molecule has 12 heteroatoms. The minimum Gasteiger partial charge on any atom is -0.406 e. The summed E-state index contributed by atoms with van der Waals surface area (Å²) in [5.41, 5.74) is 5.42. The van der Waals surface area contributed by atoms with Crippen molar-refractivity contribution in [2.24, 2.45) is 5.73 Å². The quantitative estimate of drug-likeness (QED) is 0.498. The third-order valence-corrected chi connectivity index (χ3v) is 4.50. The molecule has 0 bridgehead atoms. The second-order valence-corrected chi connectivity index (χ2v) is 7.05. The summed E-state index contributed by atoms with van der Waals surface area (Å²) in [6, 6.07) is 3.72. The van der Waals surface area contributed by atoms with E-state index in [0.29, 0.717) is 29.6 Å². The fourth-order valence-electron chi connectivity index (χ4n) is 2.33. The summed E-state index contributed by atoms with van der Waals surface area (Å²) in [6.45, 7) is 0.292. The third kappa shape index (κ3) is 8.34. The highest BCUT2D eigenvalue weighted by Crippen LogP contribution is 2.31. The Morgan fingerprint density at radius 3 is 2.52 bits per heavy atom. The topological polar surface area (TPSA) is 123 Å². The number of carbonyl (C=O) groups is 3. The van der Waals surface area contributed by atoms with Crippen molar-refractivity contribution in [2.45, 2.75) is 38.5 Å². The Labute approximate surface area is 167 Å². The smallest absolute Gasteiger partial charge is 0.406 e. The van der Waals surface area contributed by atoms with Crippen LogP contribution in [0.4, 0.5) is 18.3 Å². The number of alkyl halides is 3. The van der Waals surface area contributed by atoms with Gasteiger partial charge in [-0.1, -0.05) is 11.3 Å². The number of nitrogens with one attached hydrogen (secondary N) is 2. The molecule has 0 atom stereocenters. The van der Waals surface area contributed by atoms with Crippen LogP contribution in [0.25, 0.3) is 10.2 Å². The fraction of sp³-hybridized carbons (Fsp3) is 0.412. The summed E-state index contributed by atoms with van der Waals surface area (Å²) < 4.78 is 41.1. The number of primary amides is 1. The van der Waals surface area contributed by atoms with Gasteiger partial charge >= 0.3 is 6.36 Å². The molecule has 158 valence electrons. The number of hydrogen-bond donors (Lipinski definition) is 3. The summed E-state index contributed by atoms with van der Waals surface area (Å²) in [7, 11) is 0. The number of anilines is 1. The van der Waals surface area contributed by atoms with Crippen molar-refractivity contribution < 1.29 is 32.3 Å². The van der Waals surface area contributed by atoms with Crippen molar-refractivity contribution in [2.75, 3.05) is 11.9 Å². The van der Waals surface area contributed by atoms with E-state index in [9.17, 15) is 27.6 Å². The second kappa shape index (κ2) is 10.0. The van der Waals surface area contributed by atoms with E-state index in [2.05, 4.69) is 20.4 Å². The Morgan fingerprint density at radius 1 is 1.10 bits per heavy atom. The lowest BCUT2D eigenvalue weighted by Gasteiger charge is -2.07. The number of aromatic nitrogens is 1. The summed E-state index contributed by atoms with van der Waals surface area (Å²) in [6.07, 6.45) is -3.58. The second-order valence-electron chi connectivity index (χ2n) is 6.02. The van der Waals surface area contributed by atoms with Gasteiger partial charge in [0.25, 0.3) is 0 Å². The number of rotatable bonds is 10. The first-order chi connectivity index (χ1) is 13.6. The van der Waals surface area contributed by atoms with Crippen molar-refractivity contribution >= 4 is 44.4 Å². The molecule has 0 aliphatic carbocycles. The van der Waals surface area contributed by atoms with Crippen molar-refractivity contribution in [3.63, 3.8) is 0 Å². The number of hydrogen-bond acceptors (Lipinski definition) is 6. The van der Waals surface area contributed by atoms with Crippen LogP contribution in [0.15, 0.2) is 18.2 Å². The molecule has 0 spiro atoms. The maximum Gasteiger partial charge on any atom is 0.573 e. The van der Waals surface area contributed by atoms with Crippen molar-refractivity contribution in [1.29, 1.82) is 0 Å². The first-order valence-electron chi connectivity index (χ1n) is 8.63. The molecule has 0 saturated heterocycles. The number of nitrogens with two attached hydrogens (primary N) is 1. The Morgan fingerprint density at radius 2 is 1.83 bits per heavy atom. The molecule has 2 aromatic rings. The number of carbonyl (C=O) groups excluding carboxylic acids is 3. The van der Waals surface area contributed by atoms with Gasteiger partial charge in [0.05, 0.1) is 10.2 Å². The van der Waals surface area contributed by atoms with Gasteiger partial charge < -0.3 is 21.1 Å². The van der Waals surface area contributed by atoms with E-state index in [4.69, 9.17) is 5.73 Å². The van der Waals surface area contributed by atoms with Crippen LogP contribution in [0.3, 0.4) is 0 Å². The molecule has 29 heavy (non-hydrogen) atoms. The zero-order valence-corrected chi connectivity index (χ0v) is 16.0. The molecule has 0 aliphatic heterocycles. The van der Waals surface area contributed by atoms with E-state index in [0.717, 1.165) is 17.4 Å². The summed E-state index contributed by atoms with van der Waals surface area (Å²) >= 11 is 1.02. The van der Waals surface area contributed by atoms with E-state index >= 15 is 0 Å². The third-order valence-electron chi connectivity index (χ3n) is 3.57. The minimum absolute atomic E-state index is 0.125. The molecule has 1 aromatic heterocycles. The van der Waals surface area contributed by atoms with Crippen LogP contribution >= 0.6 is 11.3 Å². The molecule has 0 radical (unpaired) electrons. The Hall–Kier alpha value is -2.89. The molecule has 1 heterocycles. The lowest BCUT2D eigenvalue weighted by Crippen LogP contribution is -2.25. The first kappa shape index (κ1) is 22.4. The first-order valence-corrected chi connectivity index (χ1v) is 9.45. The number of benzene rings is 1. The van der Waals surface area contributed by atoms with Gasteiger partial charge in [0, 0.05) is 31.9 Å². The molecule has 0 fully saturated rings. The van der Waals surface area contributed by atoms with Gasteiger partial charge in [-0.3, -0.25) is 14.4 Å². The van der Waals surface area contributed by atoms with E-state index in [1.54, 1.807) is 0 Å². The minimum atomic E-state index is -4.79. The van der Waals surface area contributed by atoms with Crippen molar-refractivity contribution in [3.8, 4) is 5.75 Å². The van der Waals surface area contributed by atoms with E-state index < -0.39 is 12.3 Å². The predicted molar refractivity (Wildman–Crippen MR) is 100 cm³/mol. The highest BCUT2D eigenvalue weighted by Gasteiger charge is 2.31. The lowest BCUT2D eigenvalue weighted by atomic mass is 10.2. The average molecular weight is 432 g/mol. The highest BCUT2D eigenvalue weighted by atomic mass is 32.1. The maximum absolute atomic E-state index is 12.3. The Kier molecular flexibility index (Phi) is 7.76. The normalized spacial score (nSPS) is 11.3. The zero-order chi connectivity index (χ0) is 21.4. The van der Waals surface area contributed by atoms with Crippen LogP contribution in [0.2, 0.25) is 0 Å². The van der Waals surface area contributed by atoms with E-state index in [1.807, 2.05) is 0 Å². The number of halogens is 3. The molecular formula is C17H19F3N4O4S. The van der Waals surface area contributed by atoms with Crippen LogP contribution in [-0.2, 0) is 14.4 Å². The molecule has 1 aromatic carbocycles. The number of fused-ring (bicyclic) bond motifs is 1. The van der Waals surface area contributed by atoms with Gasteiger partial charge in [0.2, 0.25) is 17.7 Å². The van der Waals surface area contributed by atoms with Crippen LogP contribution in [0.5, 0.6) is 5.75 Å². The number of ether oxygens (including phenoxy) is 1. The number of nitrogens with zero attached hydrogens (tertiary/aromatic N) is 1. The highest BCUT2D eigenvalue weighted by molar-refractivity contribution is 7.22. The van der Waals surface area contributed by atoms with Crippen LogP contribution in [-0.4, -0.2) is 35.6 Å². The molecular weight excluding hydrogens is 413 g/mol. The summed E-state index contributed by atoms with van der Waals surface area (Å²) in [5, 5.41) is 5.46. The van der Waals surface area contributed by atoms with E-state index in [1.165, 1.54) is 12.1 Å². The predicted octanol–water partition coefficient (Wildman–Crippen LogP) is 2.69. The van der Waals surface area contributed by atoms with Gasteiger partial charge in [0.15, 0.2) is 5.13 Å². The Balaban J connectivity index is 1.75. The molecule has 3 amide bonds. The monoisotopic (exact) mass is 432 g/mol. The molecule has 2 rings (SSSR count). The standard InChI is InChI=1S/C17H19F3N4O4S/c18-17(19,20)28-10-6-7-11-12(9-10)29-16(23-11)24-15(27)5-2-8-22-14(26)4-1-3-13(21)25/h6-7,9H,1-5,8H2,(H2,21,25)(H,22,26)(H,23,24,27). The van der Waals surface area contributed by atoms with Crippen molar-refractivity contribution in [3.05, 3.63) is 18.2 Å². The average Bonchev–Trinajstić information content (AvgIpc) is 2.98. The SMILES string of the molecule is NC(=O)CCCC(=O)NCCCC(=O)Nc1nc2ccc(OC(F)(F)F)cc2s1. The van der Waals surface area contributed by atoms with Gasteiger partial charge in [-0.15, -0.1) is 13.2 Å². The van der Waals surface area contributed by atoms with Gasteiger partial charge in [-0.2, -0.15) is 0 Å². The molecule has 0 aliphatic rings. The van der Waals surface area contributed by atoms with Gasteiger partial charge in [-0.25, -0.2) is 4.98 Å². The molecule has 0 saturated carbocycles. The van der Waals surface area contributed by atoms with Crippen molar-refractivity contribution in [1.82, 2.24) is 10.3 Å². The molecule has 4 N–H and O–H groups in total. The van der Waals surface area contributed by atoms with Gasteiger partial charge in [-0.05, 0) is 25.0 Å². The zero-order valence-electron chi connectivity index (χ0n) is 15.2. The summed E-state index contributed by atoms with van der Waals surface area (Å²) in [4.78, 5) is 38.2. The largest absolute Gasteiger partial charge is 0.573 e. The number of thiazole rings is 1. The number of amides is 3.